The maximum absolute atomic E-state index is 6.57. The quantitative estimate of drug-likeness (QED) is 0.798. The molecule has 1 aliphatic carbocycles. The highest BCUT2D eigenvalue weighted by molar-refractivity contribution is 6.35. The van der Waals surface area contributed by atoms with Crippen LogP contribution < -0.4 is 5.84 Å². The number of fused-ring (bicyclic) bond motifs is 1. The number of nitrogens with two attached hydrogens (primary N) is 1. The van der Waals surface area contributed by atoms with E-state index in [1.165, 1.54) is 11.1 Å². The molecule has 3 N–H and O–H groups in total. The Morgan fingerprint density at radius 3 is 2.96 bits per heavy atom. The molecule has 0 fully saturated rings. The Hall–Kier alpha value is -1.86. The molecule has 1 aromatic heterocycles. The van der Waals surface area contributed by atoms with E-state index < -0.39 is 0 Å². The summed E-state index contributed by atoms with van der Waals surface area (Å²) in [5, 5.41) is 12.8. The molecule has 2 heterocycles. The molecule has 0 amide bonds. The summed E-state index contributed by atoms with van der Waals surface area (Å²) in [6.45, 7) is 2.85. The number of ether oxygens (including phenoxy) is 1. The van der Waals surface area contributed by atoms with Gasteiger partial charge in [0.1, 0.15) is 0 Å². The molecule has 0 saturated heterocycles. The summed E-state index contributed by atoms with van der Waals surface area (Å²) in [5.41, 5.74) is 4.65. The van der Waals surface area contributed by atoms with Gasteiger partial charge in [-0.05, 0) is 49.5 Å². The molecule has 138 valence electrons. The number of benzene rings is 1. The van der Waals surface area contributed by atoms with E-state index in [9.17, 15) is 0 Å². The van der Waals surface area contributed by atoms with E-state index in [2.05, 4.69) is 35.3 Å². The zero-order valence-corrected chi connectivity index (χ0v) is 15.8. The fourth-order valence-corrected chi connectivity index (χ4v) is 4.21. The maximum atomic E-state index is 6.57. The van der Waals surface area contributed by atoms with Gasteiger partial charge in [-0.25, -0.2) is 0 Å². The summed E-state index contributed by atoms with van der Waals surface area (Å²) in [6.07, 6.45) is 11.4. The minimum absolute atomic E-state index is 0.0556. The lowest BCUT2D eigenvalue weighted by molar-refractivity contribution is 0.0157. The number of aromatic amines is 1. The monoisotopic (exact) mass is 373 g/mol. The smallest absolute Gasteiger partial charge is 0.0743 e. The number of H-pyrrole nitrogens is 1. The minimum atomic E-state index is 0.0556. The summed E-state index contributed by atoms with van der Waals surface area (Å²) in [6, 6.07) is 2.11. The van der Waals surface area contributed by atoms with Crippen molar-refractivity contribution in [1.82, 2.24) is 20.3 Å². The van der Waals surface area contributed by atoms with Gasteiger partial charge in [-0.2, -0.15) is 10.2 Å². The van der Waals surface area contributed by atoms with Crippen molar-refractivity contribution in [3.05, 3.63) is 46.8 Å². The average Bonchev–Trinajstić information content (AvgIpc) is 3.30. The average molecular weight is 374 g/mol. The van der Waals surface area contributed by atoms with Crippen molar-refractivity contribution < 1.29 is 4.74 Å². The van der Waals surface area contributed by atoms with Crippen molar-refractivity contribution in [2.24, 2.45) is 5.84 Å². The van der Waals surface area contributed by atoms with Crippen molar-refractivity contribution in [2.45, 2.75) is 38.3 Å². The molecule has 2 aliphatic rings. The number of methoxy groups -OCH3 is 1. The van der Waals surface area contributed by atoms with Gasteiger partial charge in [-0.3, -0.25) is 16.0 Å². The number of allylic oxidation sites excluding steroid dienone is 1. The molecule has 1 aliphatic heterocycles. The van der Waals surface area contributed by atoms with Gasteiger partial charge >= 0.3 is 0 Å². The van der Waals surface area contributed by atoms with Gasteiger partial charge in [-0.15, -0.1) is 0 Å². The number of hydrazine groups is 2. The normalized spacial score (nSPS) is 22.2. The highest BCUT2D eigenvalue weighted by Gasteiger charge is 2.27. The Morgan fingerprint density at radius 1 is 1.46 bits per heavy atom. The van der Waals surface area contributed by atoms with Gasteiger partial charge < -0.3 is 4.74 Å². The standard InChI is InChI=1S/C19H24ClN5O/c1-12(24-8-3-9-25(24)21)15-10-17(20)16-11-22-23-19(16)18(15)13-4-6-14(26-2)7-5-13/h3-4,8,10-12,14H,5-7,9,21H2,1-2H3,(H,22,23). The first kappa shape index (κ1) is 17.5. The molecule has 0 saturated carbocycles. The van der Waals surface area contributed by atoms with Crippen LogP contribution in [-0.4, -0.2) is 40.1 Å². The number of halogens is 1. The predicted octanol–water partition coefficient (Wildman–Crippen LogP) is 3.78. The van der Waals surface area contributed by atoms with E-state index >= 15 is 0 Å². The van der Waals surface area contributed by atoms with Crippen molar-refractivity contribution in [3.8, 4) is 0 Å². The molecule has 4 rings (SSSR count). The van der Waals surface area contributed by atoms with Gasteiger partial charge in [0.05, 0.1) is 35.4 Å². The lowest BCUT2D eigenvalue weighted by Crippen LogP contribution is -2.42. The number of hydrogen-bond acceptors (Lipinski definition) is 5. The third-order valence-corrected chi connectivity index (χ3v) is 5.74. The Bertz CT molecular complexity index is 874. The zero-order chi connectivity index (χ0) is 18.3. The van der Waals surface area contributed by atoms with E-state index in [4.69, 9.17) is 22.2 Å². The molecule has 0 radical (unpaired) electrons. The van der Waals surface area contributed by atoms with Crippen molar-refractivity contribution in [2.75, 3.05) is 13.7 Å². The summed E-state index contributed by atoms with van der Waals surface area (Å²) in [4.78, 5) is 0. The zero-order valence-electron chi connectivity index (χ0n) is 15.1. The predicted molar refractivity (Wildman–Crippen MR) is 104 cm³/mol. The highest BCUT2D eigenvalue weighted by Crippen LogP contribution is 2.41. The van der Waals surface area contributed by atoms with Crippen LogP contribution >= 0.6 is 11.6 Å². The van der Waals surface area contributed by atoms with Crippen LogP contribution in [0.5, 0.6) is 0 Å². The van der Waals surface area contributed by atoms with Crippen LogP contribution in [-0.2, 0) is 4.74 Å². The first-order valence-corrected chi connectivity index (χ1v) is 9.32. The van der Waals surface area contributed by atoms with E-state index in [1.807, 2.05) is 11.2 Å². The summed E-state index contributed by atoms with van der Waals surface area (Å²) >= 11 is 6.57. The van der Waals surface area contributed by atoms with Crippen LogP contribution in [0.4, 0.5) is 0 Å². The van der Waals surface area contributed by atoms with Crippen molar-refractivity contribution in [1.29, 1.82) is 0 Å². The van der Waals surface area contributed by atoms with Gasteiger partial charge in [0, 0.05) is 24.3 Å². The Labute approximate surface area is 158 Å². The second-order valence-electron chi connectivity index (χ2n) is 6.91. The first-order valence-electron chi connectivity index (χ1n) is 8.95. The van der Waals surface area contributed by atoms with Crippen LogP contribution in [0, 0.1) is 0 Å². The van der Waals surface area contributed by atoms with Gasteiger partial charge in [0.15, 0.2) is 0 Å². The molecular formula is C19H24ClN5O. The molecule has 2 aromatic rings. The Balaban J connectivity index is 1.84. The number of hydrogen-bond donors (Lipinski definition) is 2. The molecule has 6 nitrogen and oxygen atoms in total. The SMILES string of the molecule is COC1CC=C(c2c(C(C)N3C=CCN3N)cc(Cl)c3cn[nH]c23)CC1. The second kappa shape index (κ2) is 7.04. The number of nitrogens with one attached hydrogen (secondary N) is 1. The maximum Gasteiger partial charge on any atom is 0.0743 e. The minimum Gasteiger partial charge on any atom is -0.381 e. The van der Waals surface area contributed by atoms with Crippen LogP contribution in [0.3, 0.4) is 0 Å². The van der Waals surface area contributed by atoms with E-state index in [1.54, 1.807) is 18.4 Å². The fourth-order valence-electron chi connectivity index (χ4n) is 3.95. The largest absolute Gasteiger partial charge is 0.381 e. The molecule has 26 heavy (non-hydrogen) atoms. The Kier molecular flexibility index (Phi) is 4.75. The van der Waals surface area contributed by atoms with Crippen LogP contribution in [0.25, 0.3) is 16.5 Å². The van der Waals surface area contributed by atoms with E-state index in [-0.39, 0.29) is 6.04 Å². The second-order valence-corrected chi connectivity index (χ2v) is 7.31. The summed E-state index contributed by atoms with van der Waals surface area (Å²) in [7, 11) is 1.78. The van der Waals surface area contributed by atoms with Gasteiger partial charge in [0.25, 0.3) is 0 Å². The third kappa shape index (κ3) is 2.93. The van der Waals surface area contributed by atoms with Gasteiger partial charge in [-0.1, -0.05) is 17.7 Å². The van der Waals surface area contributed by atoms with E-state index in [0.717, 1.165) is 35.7 Å². The molecular weight excluding hydrogens is 350 g/mol. The van der Waals surface area contributed by atoms with Crippen LogP contribution in [0.2, 0.25) is 5.02 Å². The summed E-state index contributed by atoms with van der Waals surface area (Å²) in [5.74, 6) is 6.13. The van der Waals surface area contributed by atoms with Crippen molar-refractivity contribution >= 4 is 28.1 Å². The first-order chi connectivity index (χ1) is 12.6. The number of nitrogens with zero attached hydrogens (tertiary/aromatic N) is 3. The van der Waals surface area contributed by atoms with Crippen LogP contribution in [0.15, 0.2) is 30.6 Å². The molecule has 0 spiro atoms. The molecule has 2 unspecified atom stereocenters. The number of rotatable bonds is 4. The Morgan fingerprint density at radius 2 is 2.31 bits per heavy atom. The van der Waals surface area contributed by atoms with E-state index in [0.29, 0.717) is 17.7 Å². The lowest BCUT2D eigenvalue weighted by Gasteiger charge is -2.33. The lowest BCUT2D eigenvalue weighted by atomic mass is 9.86. The van der Waals surface area contributed by atoms with Crippen molar-refractivity contribution in [3.63, 3.8) is 0 Å². The summed E-state index contributed by atoms with van der Waals surface area (Å²) < 4.78 is 5.51. The topological polar surface area (TPSA) is 70.4 Å². The third-order valence-electron chi connectivity index (χ3n) is 5.43. The fraction of sp³-hybridized carbons (Fsp3) is 0.421. The molecule has 2 atom stereocenters. The highest BCUT2D eigenvalue weighted by atomic mass is 35.5. The molecule has 1 aromatic carbocycles. The molecule has 0 bridgehead atoms. The molecule has 7 heteroatoms. The van der Waals surface area contributed by atoms with Crippen LogP contribution in [0.1, 0.15) is 43.4 Å². The van der Waals surface area contributed by atoms with Gasteiger partial charge in [0.2, 0.25) is 0 Å². The number of aromatic nitrogens is 2.